The lowest BCUT2D eigenvalue weighted by Gasteiger charge is -2.30. The minimum absolute atomic E-state index is 0.304. The minimum Gasteiger partial charge on any atom is -0.382 e. The van der Waals surface area contributed by atoms with Gasteiger partial charge in [-0.3, -0.25) is 0 Å². The van der Waals surface area contributed by atoms with Crippen molar-refractivity contribution < 1.29 is 4.74 Å². The van der Waals surface area contributed by atoms with Crippen LogP contribution in [-0.4, -0.2) is 18.7 Å². The molecule has 1 heterocycles. The predicted molar refractivity (Wildman–Crippen MR) is 68.8 cm³/mol. The normalized spacial score (nSPS) is 15.8. The maximum Gasteiger partial charge on any atom is 0.115 e. The van der Waals surface area contributed by atoms with E-state index in [0.717, 1.165) is 10.7 Å². The van der Waals surface area contributed by atoms with Crippen LogP contribution in [0.2, 0.25) is 0 Å². The number of hydrogen-bond donors (Lipinski definition) is 1. The molecule has 0 saturated heterocycles. The SMILES string of the molecule is COCC(N)(c1nc(C(C)C)cs1)C(C)C. The van der Waals surface area contributed by atoms with Gasteiger partial charge in [0.25, 0.3) is 0 Å². The van der Waals surface area contributed by atoms with Gasteiger partial charge in [-0.25, -0.2) is 4.98 Å². The summed E-state index contributed by atoms with van der Waals surface area (Å²) >= 11 is 1.64. The maximum absolute atomic E-state index is 6.41. The molecule has 0 amide bonds. The van der Waals surface area contributed by atoms with Crippen LogP contribution in [0, 0.1) is 5.92 Å². The molecule has 1 atom stereocenters. The van der Waals surface area contributed by atoms with E-state index in [9.17, 15) is 0 Å². The van der Waals surface area contributed by atoms with Crippen LogP contribution in [0.4, 0.5) is 0 Å². The molecule has 1 aromatic heterocycles. The van der Waals surface area contributed by atoms with Crippen molar-refractivity contribution in [3.63, 3.8) is 0 Å². The third-order valence-electron chi connectivity index (χ3n) is 2.93. The van der Waals surface area contributed by atoms with Crippen LogP contribution in [0.15, 0.2) is 5.38 Å². The average Bonchev–Trinajstić information content (AvgIpc) is 2.66. The quantitative estimate of drug-likeness (QED) is 0.863. The van der Waals surface area contributed by atoms with E-state index in [1.807, 2.05) is 0 Å². The van der Waals surface area contributed by atoms with Gasteiger partial charge in [-0.15, -0.1) is 11.3 Å². The number of hydrogen-bond acceptors (Lipinski definition) is 4. The van der Waals surface area contributed by atoms with E-state index in [1.54, 1.807) is 18.4 Å². The number of nitrogens with two attached hydrogens (primary N) is 1. The molecule has 1 rings (SSSR count). The molecule has 0 aliphatic heterocycles. The smallest absolute Gasteiger partial charge is 0.115 e. The lowest BCUT2D eigenvalue weighted by molar-refractivity contribution is 0.104. The van der Waals surface area contributed by atoms with Crippen molar-refractivity contribution in [3.8, 4) is 0 Å². The van der Waals surface area contributed by atoms with Crippen LogP contribution in [0.25, 0.3) is 0 Å². The molecule has 1 unspecified atom stereocenters. The first-order chi connectivity index (χ1) is 7.41. The van der Waals surface area contributed by atoms with E-state index in [1.165, 1.54) is 0 Å². The van der Waals surface area contributed by atoms with Crippen LogP contribution in [0.3, 0.4) is 0 Å². The Morgan fingerprint density at radius 1 is 1.44 bits per heavy atom. The maximum atomic E-state index is 6.41. The van der Waals surface area contributed by atoms with E-state index >= 15 is 0 Å². The van der Waals surface area contributed by atoms with Crippen LogP contribution < -0.4 is 5.73 Å². The van der Waals surface area contributed by atoms with Gasteiger partial charge in [0.2, 0.25) is 0 Å². The molecule has 4 heteroatoms. The van der Waals surface area contributed by atoms with Crippen molar-refractivity contribution in [3.05, 3.63) is 16.1 Å². The molecule has 0 aliphatic carbocycles. The Morgan fingerprint density at radius 3 is 2.44 bits per heavy atom. The number of ether oxygens (including phenoxy) is 1. The second-order valence-electron chi connectivity index (χ2n) is 4.86. The Morgan fingerprint density at radius 2 is 2.06 bits per heavy atom. The van der Waals surface area contributed by atoms with Crippen LogP contribution in [-0.2, 0) is 10.3 Å². The molecule has 0 fully saturated rings. The van der Waals surface area contributed by atoms with Gasteiger partial charge < -0.3 is 10.5 Å². The fourth-order valence-corrected chi connectivity index (χ4v) is 2.71. The zero-order chi connectivity index (χ0) is 12.3. The number of nitrogens with zero attached hydrogens (tertiary/aromatic N) is 1. The van der Waals surface area contributed by atoms with Gasteiger partial charge in [-0.1, -0.05) is 27.7 Å². The first-order valence-electron chi connectivity index (χ1n) is 5.65. The van der Waals surface area contributed by atoms with Crippen molar-refractivity contribution in [2.45, 2.75) is 39.2 Å². The second kappa shape index (κ2) is 5.25. The average molecular weight is 242 g/mol. The zero-order valence-corrected chi connectivity index (χ0v) is 11.6. The molecule has 0 aliphatic rings. The van der Waals surface area contributed by atoms with E-state index in [4.69, 9.17) is 10.5 Å². The molecule has 0 bridgehead atoms. The highest BCUT2D eigenvalue weighted by Crippen LogP contribution is 2.31. The summed E-state index contributed by atoms with van der Waals surface area (Å²) in [5, 5.41) is 3.08. The first-order valence-corrected chi connectivity index (χ1v) is 6.53. The Balaban J connectivity index is 3.02. The summed E-state index contributed by atoms with van der Waals surface area (Å²) in [6.45, 7) is 9.01. The van der Waals surface area contributed by atoms with Gasteiger partial charge in [0.1, 0.15) is 5.01 Å². The highest BCUT2D eigenvalue weighted by atomic mass is 32.1. The summed E-state index contributed by atoms with van der Waals surface area (Å²) in [5.41, 5.74) is 7.06. The fourth-order valence-electron chi connectivity index (χ4n) is 1.48. The Kier molecular flexibility index (Phi) is 4.47. The van der Waals surface area contributed by atoms with Gasteiger partial charge in [-0.05, 0) is 11.8 Å². The molecule has 3 nitrogen and oxygen atoms in total. The van der Waals surface area contributed by atoms with Crippen molar-refractivity contribution >= 4 is 11.3 Å². The largest absolute Gasteiger partial charge is 0.382 e. The summed E-state index contributed by atoms with van der Waals surface area (Å²) in [4.78, 5) is 4.64. The molecular weight excluding hydrogens is 220 g/mol. The number of methoxy groups -OCH3 is 1. The van der Waals surface area contributed by atoms with Crippen LogP contribution in [0.1, 0.15) is 44.3 Å². The van der Waals surface area contributed by atoms with Crippen LogP contribution in [0.5, 0.6) is 0 Å². The summed E-state index contributed by atoms with van der Waals surface area (Å²) in [6.07, 6.45) is 0. The molecule has 0 saturated carbocycles. The fraction of sp³-hybridized carbons (Fsp3) is 0.750. The summed E-state index contributed by atoms with van der Waals surface area (Å²) in [7, 11) is 1.68. The van der Waals surface area contributed by atoms with Gasteiger partial charge in [0.15, 0.2) is 0 Å². The molecule has 92 valence electrons. The second-order valence-corrected chi connectivity index (χ2v) is 5.72. The lowest BCUT2D eigenvalue weighted by atomic mass is 9.89. The molecular formula is C12H22N2OS. The standard InChI is InChI=1S/C12H22N2OS/c1-8(2)10-6-16-11(14-10)12(13,7-15-5)9(3)4/h6,8-9H,7,13H2,1-5H3. The molecule has 0 aromatic carbocycles. The predicted octanol–water partition coefficient (Wildman–Crippen LogP) is 2.72. The van der Waals surface area contributed by atoms with Crippen molar-refractivity contribution in [2.24, 2.45) is 11.7 Å². The Bertz CT molecular complexity index is 336. The van der Waals surface area contributed by atoms with Gasteiger partial charge in [0.05, 0.1) is 17.8 Å². The zero-order valence-electron chi connectivity index (χ0n) is 10.8. The summed E-state index contributed by atoms with van der Waals surface area (Å²) < 4.78 is 5.23. The van der Waals surface area contributed by atoms with Crippen molar-refractivity contribution in [1.29, 1.82) is 0 Å². The van der Waals surface area contributed by atoms with E-state index in [2.05, 4.69) is 38.1 Å². The molecule has 2 N–H and O–H groups in total. The molecule has 1 aromatic rings. The molecule has 0 spiro atoms. The van der Waals surface area contributed by atoms with Crippen molar-refractivity contribution in [1.82, 2.24) is 4.98 Å². The molecule has 0 radical (unpaired) electrons. The van der Waals surface area contributed by atoms with Crippen molar-refractivity contribution in [2.75, 3.05) is 13.7 Å². The van der Waals surface area contributed by atoms with Gasteiger partial charge in [-0.2, -0.15) is 0 Å². The first kappa shape index (κ1) is 13.6. The highest BCUT2D eigenvalue weighted by molar-refractivity contribution is 7.09. The lowest BCUT2D eigenvalue weighted by Crippen LogP contribution is -2.46. The minimum atomic E-state index is -0.466. The summed E-state index contributed by atoms with van der Waals surface area (Å²) in [5.74, 6) is 0.752. The number of rotatable bonds is 5. The highest BCUT2D eigenvalue weighted by Gasteiger charge is 2.34. The Labute approximate surface area is 102 Å². The topological polar surface area (TPSA) is 48.1 Å². The summed E-state index contributed by atoms with van der Waals surface area (Å²) in [6, 6.07) is 0. The Hall–Kier alpha value is -0.450. The number of aromatic nitrogens is 1. The van der Waals surface area contributed by atoms with E-state index < -0.39 is 5.54 Å². The van der Waals surface area contributed by atoms with E-state index in [-0.39, 0.29) is 0 Å². The molecule has 16 heavy (non-hydrogen) atoms. The third kappa shape index (κ3) is 2.62. The van der Waals surface area contributed by atoms with E-state index in [0.29, 0.717) is 18.4 Å². The number of thiazole rings is 1. The third-order valence-corrected chi connectivity index (χ3v) is 3.98. The van der Waals surface area contributed by atoms with Gasteiger partial charge >= 0.3 is 0 Å². The van der Waals surface area contributed by atoms with Gasteiger partial charge in [0, 0.05) is 12.5 Å². The monoisotopic (exact) mass is 242 g/mol. The van der Waals surface area contributed by atoms with Crippen LogP contribution >= 0.6 is 11.3 Å².